The molecule has 152 valence electrons. The number of imide groups is 1. The largest absolute Gasteiger partial charge is 0.488 e. The lowest BCUT2D eigenvalue weighted by Crippen LogP contribution is -2.29. The van der Waals surface area contributed by atoms with Crippen LogP contribution in [0.4, 0.5) is 4.79 Å². The van der Waals surface area contributed by atoms with Gasteiger partial charge in [0, 0.05) is 20.3 Å². The van der Waals surface area contributed by atoms with Gasteiger partial charge in [-0.3, -0.25) is 14.5 Å². The molecular formula is C22H22INO4S. The molecule has 5 nitrogen and oxygen atoms in total. The van der Waals surface area contributed by atoms with Gasteiger partial charge in [-0.15, -0.1) is 0 Å². The lowest BCUT2D eigenvalue weighted by Gasteiger charge is -2.11. The van der Waals surface area contributed by atoms with E-state index < -0.39 is 0 Å². The topological polar surface area (TPSA) is 55.8 Å². The van der Waals surface area contributed by atoms with Crippen molar-refractivity contribution in [1.82, 2.24) is 4.90 Å². The third-order valence-corrected chi connectivity index (χ3v) is 6.12. The third-order valence-electron chi connectivity index (χ3n) is 4.37. The summed E-state index contributed by atoms with van der Waals surface area (Å²) in [6.07, 6.45) is 2.39. The molecule has 0 spiro atoms. The summed E-state index contributed by atoms with van der Waals surface area (Å²) < 4.78 is 11.9. The minimum atomic E-state index is -0.245. The Morgan fingerprint density at radius 3 is 2.59 bits per heavy atom. The minimum absolute atomic E-state index is 0.231. The maximum absolute atomic E-state index is 12.5. The number of thioether (sulfide) groups is 1. The third kappa shape index (κ3) is 5.83. The molecule has 0 atom stereocenters. The van der Waals surface area contributed by atoms with Crippen molar-refractivity contribution in [1.29, 1.82) is 0 Å². The lowest BCUT2D eigenvalue weighted by molar-refractivity contribution is -0.122. The summed E-state index contributed by atoms with van der Waals surface area (Å²) >= 11 is 3.20. The predicted molar refractivity (Wildman–Crippen MR) is 124 cm³/mol. The average Bonchev–Trinajstić information content (AvgIpc) is 2.96. The van der Waals surface area contributed by atoms with Crippen LogP contribution in [0.3, 0.4) is 0 Å². The molecule has 2 aromatic rings. The van der Waals surface area contributed by atoms with Gasteiger partial charge in [0.05, 0.1) is 8.48 Å². The molecule has 0 aromatic heterocycles. The quantitative estimate of drug-likeness (QED) is 0.269. The Balaban J connectivity index is 1.65. The first-order valence-electron chi connectivity index (χ1n) is 9.20. The van der Waals surface area contributed by atoms with E-state index in [-0.39, 0.29) is 11.1 Å². The van der Waals surface area contributed by atoms with Crippen LogP contribution in [0.2, 0.25) is 0 Å². The number of hydrogen-bond acceptors (Lipinski definition) is 5. The molecule has 1 fully saturated rings. The van der Waals surface area contributed by atoms with E-state index in [2.05, 4.69) is 53.8 Å². The van der Waals surface area contributed by atoms with Gasteiger partial charge in [-0.2, -0.15) is 0 Å². The van der Waals surface area contributed by atoms with Gasteiger partial charge < -0.3 is 9.47 Å². The van der Waals surface area contributed by atoms with Gasteiger partial charge in [0.25, 0.3) is 11.1 Å². The maximum Gasteiger partial charge on any atom is 0.293 e. The summed E-state index contributed by atoms with van der Waals surface area (Å²) in [4.78, 5) is 26.3. The zero-order valence-corrected chi connectivity index (χ0v) is 19.3. The van der Waals surface area contributed by atoms with Gasteiger partial charge in [-0.05, 0) is 77.0 Å². The first-order chi connectivity index (χ1) is 14.0. The first kappa shape index (κ1) is 21.9. The van der Waals surface area contributed by atoms with Crippen LogP contribution in [0.25, 0.3) is 6.08 Å². The Kier molecular flexibility index (Phi) is 7.74. The van der Waals surface area contributed by atoms with E-state index in [0.29, 0.717) is 31.1 Å². The fourth-order valence-corrected chi connectivity index (χ4v) is 4.34. The summed E-state index contributed by atoms with van der Waals surface area (Å²) in [5.74, 6) is 0.543. The van der Waals surface area contributed by atoms with Gasteiger partial charge in [0.1, 0.15) is 12.4 Å². The molecular weight excluding hydrogens is 501 g/mol. The number of carbonyl (C=O) groups is 2. The van der Waals surface area contributed by atoms with Crippen molar-refractivity contribution in [3.8, 4) is 5.75 Å². The molecule has 0 unspecified atom stereocenters. The second-order valence-electron chi connectivity index (χ2n) is 6.64. The molecule has 0 N–H and O–H groups in total. The second kappa shape index (κ2) is 10.3. The number of benzene rings is 2. The summed E-state index contributed by atoms with van der Waals surface area (Å²) in [6, 6.07) is 14.0. The van der Waals surface area contributed by atoms with Crippen LogP contribution in [0.1, 0.15) is 23.1 Å². The maximum atomic E-state index is 12.5. The highest BCUT2D eigenvalue weighted by Crippen LogP contribution is 2.33. The number of ether oxygens (including phenoxy) is 2. The minimum Gasteiger partial charge on any atom is -0.488 e. The Bertz CT molecular complexity index is 927. The van der Waals surface area contributed by atoms with Crippen molar-refractivity contribution < 1.29 is 19.1 Å². The fraction of sp³-hybridized carbons (Fsp3) is 0.273. The normalized spacial score (nSPS) is 15.4. The lowest BCUT2D eigenvalue weighted by atomic mass is 10.1. The van der Waals surface area contributed by atoms with Gasteiger partial charge in [-0.1, -0.05) is 35.9 Å². The molecule has 0 aliphatic carbocycles. The molecule has 0 radical (unpaired) electrons. The van der Waals surface area contributed by atoms with Gasteiger partial charge >= 0.3 is 0 Å². The number of carbonyl (C=O) groups excluding carboxylic acids is 2. The molecule has 2 aromatic carbocycles. The fourth-order valence-electron chi connectivity index (χ4n) is 2.78. The predicted octanol–water partition coefficient (Wildman–Crippen LogP) is 5.25. The molecule has 1 heterocycles. The van der Waals surface area contributed by atoms with Gasteiger partial charge in [0.15, 0.2) is 0 Å². The number of halogens is 1. The van der Waals surface area contributed by atoms with Crippen LogP contribution in [-0.4, -0.2) is 36.3 Å². The molecule has 29 heavy (non-hydrogen) atoms. The Morgan fingerprint density at radius 1 is 1.14 bits per heavy atom. The Morgan fingerprint density at radius 2 is 1.90 bits per heavy atom. The average molecular weight is 523 g/mol. The second-order valence-corrected chi connectivity index (χ2v) is 8.80. The van der Waals surface area contributed by atoms with Gasteiger partial charge in [0.2, 0.25) is 0 Å². The Hall–Kier alpha value is -1.84. The summed E-state index contributed by atoms with van der Waals surface area (Å²) in [6.45, 7) is 3.44. The van der Waals surface area contributed by atoms with Crippen LogP contribution < -0.4 is 4.74 Å². The van der Waals surface area contributed by atoms with Crippen LogP contribution in [0.15, 0.2) is 47.4 Å². The molecule has 3 rings (SSSR count). The highest BCUT2D eigenvalue weighted by atomic mass is 127. The number of hydrogen-bond donors (Lipinski definition) is 0. The van der Waals surface area contributed by atoms with Crippen molar-refractivity contribution in [2.45, 2.75) is 20.0 Å². The molecule has 2 amide bonds. The highest BCUT2D eigenvalue weighted by molar-refractivity contribution is 14.1. The van der Waals surface area contributed by atoms with Crippen molar-refractivity contribution in [3.63, 3.8) is 0 Å². The number of amides is 2. The van der Waals surface area contributed by atoms with Crippen LogP contribution in [-0.2, 0) is 16.1 Å². The number of aryl methyl sites for hydroxylation is 1. The van der Waals surface area contributed by atoms with E-state index in [1.807, 2.05) is 18.2 Å². The molecule has 7 heteroatoms. The van der Waals surface area contributed by atoms with Crippen molar-refractivity contribution in [2.24, 2.45) is 0 Å². The standard InChI is InChI=1S/C22H22INO4S/c1-15-4-6-16(7-5-15)14-28-19-9-8-17(12-18(19)23)13-20-21(25)24(22(26)29-20)10-3-11-27-2/h4-9,12-13H,3,10-11,14H2,1-2H3/b20-13+. The van der Waals surface area contributed by atoms with Crippen molar-refractivity contribution >= 4 is 51.6 Å². The van der Waals surface area contributed by atoms with E-state index in [4.69, 9.17) is 9.47 Å². The number of nitrogens with zero attached hydrogens (tertiary/aromatic N) is 1. The Labute approximate surface area is 188 Å². The summed E-state index contributed by atoms with van der Waals surface area (Å²) in [5, 5.41) is -0.231. The SMILES string of the molecule is COCCCN1C(=O)S/C(=C/c2ccc(OCc3ccc(C)cc3)c(I)c2)C1=O. The van der Waals surface area contributed by atoms with Crippen LogP contribution in [0.5, 0.6) is 5.75 Å². The smallest absolute Gasteiger partial charge is 0.293 e. The van der Waals surface area contributed by atoms with E-state index in [1.54, 1.807) is 13.2 Å². The molecule has 0 bridgehead atoms. The monoisotopic (exact) mass is 523 g/mol. The highest BCUT2D eigenvalue weighted by Gasteiger charge is 2.34. The van der Waals surface area contributed by atoms with Gasteiger partial charge in [-0.25, -0.2) is 0 Å². The molecule has 1 saturated heterocycles. The zero-order valence-electron chi connectivity index (χ0n) is 16.3. The molecule has 1 aliphatic heterocycles. The van der Waals surface area contributed by atoms with E-state index in [1.165, 1.54) is 10.5 Å². The van der Waals surface area contributed by atoms with E-state index in [0.717, 1.165) is 32.2 Å². The molecule has 1 aliphatic rings. The van der Waals surface area contributed by atoms with Crippen LogP contribution in [0, 0.1) is 10.5 Å². The first-order valence-corrected chi connectivity index (χ1v) is 11.1. The van der Waals surface area contributed by atoms with Crippen molar-refractivity contribution in [2.75, 3.05) is 20.3 Å². The van der Waals surface area contributed by atoms with Crippen LogP contribution >= 0.6 is 34.4 Å². The van der Waals surface area contributed by atoms with Crippen molar-refractivity contribution in [3.05, 3.63) is 67.6 Å². The summed E-state index contributed by atoms with van der Waals surface area (Å²) in [7, 11) is 1.60. The van der Waals surface area contributed by atoms with E-state index >= 15 is 0 Å². The zero-order chi connectivity index (χ0) is 20.8. The molecule has 0 saturated carbocycles. The summed E-state index contributed by atoms with van der Waals surface area (Å²) in [5.41, 5.74) is 3.19. The number of rotatable bonds is 8. The van der Waals surface area contributed by atoms with E-state index in [9.17, 15) is 9.59 Å². The number of methoxy groups -OCH3 is 1.